The van der Waals surface area contributed by atoms with Gasteiger partial charge in [0.05, 0.1) is 6.10 Å². The molecule has 1 aliphatic heterocycles. The number of nitrogens with zero attached hydrogens (tertiary/aromatic N) is 1. The maximum Gasteiger partial charge on any atom is 0.119 e. The van der Waals surface area contributed by atoms with Crippen molar-refractivity contribution in [1.82, 2.24) is 4.90 Å². The summed E-state index contributed by atoms with van der Waals surface area (Å²) in [6.45, 7) is 3.07. The molecule has 1 heterocycles. The number of likely N-dealkylation sites (N-methyl/N-ethyl adjacent to an activating group) is 1. The summed E-state index contributed by atoms with van der Waals surface area (Å²) in [5, 5.41) is 10.0. The summed E-state index contributed by atoms with van der Waals surface area (Å²) in [6, 6.07) is 7.65. The van der Waals surface area contributed by atoms with E-state index >= 15 is 0 Å². The lowest BCUT2D eigenvalue weighted by Gasteiger charge is -2.23. The van der Waals surface area contributed by atoms with Crippen molar-refractivity contribution >= 4 is 0 Å². The van der Waals surface area contributed by atoms with Crippen molar-refractivity contribution in [3.05, 3.63) is 29.8 Å². The fraction of sp³-hybridized carbons (Fsp3) is 0.625. The molecule has 1 aromatic rings. The molecule has 1 aromatic carbocycles. The average Bonchev–Trinajstić information content (AvgIpc) is 2.98. The van der Waals surface area contributed by atoms with E-state index in [9.17, 15) is 5.11 Å². The van der Waals surface area contributed by atoms with Crippen LogP contribution in [-0.4, -0.2) is 55.6 Å². The minimum absolute atomic E-state index is 0.282. The second-order valence-electron chi connectivity index (χ2n) is 5.67. The van der Waals surface area contributed by atoms with Gasteiger partial charge in [0.25, 0.3) is 0 Å². The molecule has 21 heavy (non-hydrogen) atoms. The van der Waals surface area contributed by atoms with E-state index in [0.29, 0.717) is 19.2 Å². The van der Waals surface area contributed by atoms with Crippen LogP contribution >= 0.6 is 0 Å². The Morgan fingerprint density at radius 1 is 1.52 bits per heavy atom. The zero-order chi connectivity index (χ0) is 15.1. The highest BCUT2D eigenvalue weighted by atomic mass is 16.5. The van der Waals surface area contributed by atoms with Crippen LogP contribution in [-0.2, 0) is 11.3 Å². The van der Waals surface area contributed by atoms with E-state index in [-0.39, 0.29) is 6.61 Å². The molecule has 118 valence electrons. The zero-order valence-electron chi connectivity index (χ0n) is 12.7. The molecule has 0 amide bonds. The van der Waals surface area contributed by atoms with E-state index in [4.69, 9.17) is 15.2 Å². The Morgan fingerprint density at radius 3 is 3.10 bits per heavy atom. The summed E-state index contributed by atoms with van der Waals surface area (Å²) in [6.07, 6.45) is 2.05. The van der Waals surface area contributed by atoms with Crippen LogP contribution in [0.5, 0.6) is 5.75 Å². The molecule has 0 aliphatic carbocycles. The molecule has 2 atom stereocenters. The quantitative estimate of drug-likeness (QED) is 0.748. The Hall–Kier alpha value is -1.14. The highest BCUT2D eigenvalue weighted by Crippen LogP contribution is 2.14. The van der Waals surface area contributed by atoms with Crippen molar-refractivity contribution in [3.8, 4) is 5.75 Å². The second-order valence-corrected chi connectivity index (χ2v) is 5.67. The molecule has 1 saturated heterocycles. The fourth-order valence-corrected chi connectivity index (χ4v) is 2.58. The van der Waals surface area contributed by atoms with E-state index < -0.39 is 6.10 Å². The van der Waals surface area contributed by atoms with Gasteiger partial charge in [0.1, 0.15) is 18.5 Å². The minimum atomic E-state index is -0.516. The lowest BCUT2D eigenvalue weighted by Crippen LogP contribution is -2.37. The van der Waals surface area contributed by atoms with Crippen molar-refractivity contribution in [3.63, 3.8) is 0 Å². The number of ether oxygens (including phenoxy) is 2. The molecule has 0 radical (unpaired) electrons. The van der Waals surface area contributed by atoms with E-state index in [1.165, 1.54) is 0 Å². The number of aliphatic hydroxyl groups is 1. The molecule has 2 rings (SSSR count). The molecule has 0 spiro atoms. The van der Waals surface area contributed by atoms with E-state index in [1.807, 2.05) is 31.3 Å². The van der Waals surface area contributed by atoms with Gasteiger partial charge in [-0.15, -0.1) is 0 Å². The summed E-state index contributed by atoms with van der Waals surface area (Å²) in [5.74, 6) is 0.749. The topological polar surface area (TPSA) is 68.0 Å². The van der Waals surface area contributed by atoms with Gasteiger partial charge in [-0.25, -0.2) is 0 Å². The first-order valence-corrected chi connectivity index (χ1v) is 7.57. The molecule has 0 saturated carbocycles. The Labute approximate surface area is 126 Å². The van der Waals surface area contributed by atoms with Gasteiger partial charge in [-0.3, -0.25) is 0 Å². The number of nitrogens with two attached hydrogens (primary N) is 1. The predicted molar refractivity (Wildman–Crippen MR) is 82.3 cm³/mol. The summed E-state index contributed by atoms with van der Waals surface area (Å²) in [4.78, 5) is 2.10. The lowest BCUT2D eigenvalue weighted by atomic mass is 10.2. The van der Waals surface area contributed by atoms with Crippen LogP contribution in [0.25, 0.3) is 0 Å². The number of benzene rings is 1. The number of rotatable bonds is 8. The van der Waals surface area contributed by atoms with Gasteiger partial charge in [-0.05, 0) is 37.6 Å². The molecule has 3 N–H and O–H groups in total. The Morgan fingerprint density at radius 2 is 2.38 bits per heavy atom. The predicted octanol–water partition coefficient (Wildman–Crippen LogP) is 0.996. The Bertz CT molecular complexity index is 422. The molecule has 1 fully saturated rings. The van der Waals surface area contributed by atoms with Crippen molar-refractivity contribution < 1.29 is 14.6 Å². The summed E-state index contributed by atoms with van der Waals surface area (Å²) in [5.41, 5.74) is 6.62. The fourth-order valence-electron chi connectivity index (χ4n) is 2.58. The first kappa shape index (κ1) is 16.2. The van der Waals surface area contributed by atoms with Crippen LogP contribution in [0.2, 0.25) is 0 Å². The average molecular weight is 294 g/mol. The van der Waals surface area contributed by atoms with Crippen molar-refractivity contribution in [2.75, 3.05) is 33.4 Å². The second kappa shape index (κ2) is 8.34. The van der Waals surface area contributed by atoms with E-state index in [2.05, 4.69) is 4.90 Å². The smallest absolute Gasteiger partial charge is 0.119 e. The van der Waals surface area contributed by atoms with Crippen molar-refractivity contribution in [2.24, 2.45) is 5.73 Å². The Kier molecular flexibility index (Phi) is 6.45. The molecule has 1 aliphatic rings. The van der Waals surface area contributed by atoms with E-state index in [0.717, 1.165) is 37.3 Å². The first-order chi connectivity index (χ1) is 10.2. The molecule has 0 bridgehead atoms. The van der Waals surface area contributed by atoms with Crippen LogP contribution in [0.3, 0.4) is 0 Å². The molecule has 0 aromatic heterocycles. The molecule has 5 heteroatoms. The third-order valence-corrected chi connectivity index (χ3v) is 3.64. The molecular formula is C16H26N2O3. The van der Waals surface area contributed by atoms with Gasteiger partial charge in [-0.2, -0.15) is 0 Å². The van der Waals surface area contributed by atoms with Crippen LogP contribution in [0, 0.1) is 0 Å². The highest BCUT2D eigenvalue weighted by molar-refractivity contribution is 5.28. The maximum absolute atomic E-state index is 10.0. The molecular weight excluding hydrogens is 268 g/mol. The normalized spacial score (nSPS) is 19.9. The van der Waals surface area contributed by atoms with Gasteiger partial charge >= 0.3 is 0 Å². The standard InChI is InChI=1S/C16H26N2O3/c1-18(11-16-6-3-7-20-16)10-14(19)12-21-15-5-2-4-13(8-15)9-17/h2,4-5,8,14,16,19H,3,6-7,9-12,17H2,1H3. The molecule has 2 unspecified atom stereocenters. The number of hydrogen-bond acceptors (Lipinski definition) is 5. The SMILES string of the molecule is CN(CC(O)COc1cccc(CN)c1)CC1CCCO1. The largest absolute Gasteiger partial charge is 0.491 e. The summed E-state index contributed by atoms with van der Waals surface area (Å²) < 4.78 is 11.2. The van der Waals surface area contributed by atoms with Gasteiger partial charge in [0.15, 0.2) is 0 Å². The van der Waals surface area contributed by atoms with Crippen LogP contribution in [0.15, 0.2) is 24.3 Å². The van der Waals surface area contributed by atoms with Crippen LogP contribution in [0.1, 0.15) is 18.4 Å². The van der Waals surface area contributed by atoms with Crippen molar-refractivity contribution in [1.29, 1.82) is 0 Å². The van der Waals surface area contributed by atoms with Gasteiger partial charge in [0, 0.05) is 26.2 Å². The third kappa shape index (κ3) is 5.63. The number of hydrogen-bond donors (Lipinski definition) is 2. The minimum Gasteiger partial charge on any atom is -0.491 e. The van der Waals surface area contributed by atoms with Crippen LogP contribution in [0.4, 0.5) is 0 Å². The first-order valence-electron chi connectivity index (χ1n) is 7.57. The maximum atomic E-state index is 10.0. The summed E-state index contributed by atoms with van der Waals surface area (Å²) >= 11 is 0. The number of aliphatic hydroxyl groups excluding tert-OH is 1. The van der Waals surface area contributed by atoms with Gasteiger partial charge in [0.2, 0.25) is 0 Å². The zero-order valence-corrected chi connectivity index (χ0v) is 12.7. The highest BCUT2D eigenvalue weighted by Gasteiger charge is 2.18. The van der Waals surface area contributed by atoms with Crippen LogP contribution < -0.4 is 10.5 Å². The van der Waals surface area contributed by atoms with E-state index in [1.54, 1.807) is 0 Å². The molecule has 5 nitrogen and oxygen atoms in total. The Balaban J connectivity index is 1.69. The monoisotopic (exact) mass is 294 g/mol. The van der Waals surface area contributed by atoms with Gasteiger partial charge in [-0.1, -0.05) is 12.1 Å². The van der Waals surface area contributed by atoms with Crippen molar-refractivity contribution in [2.45, 2.75) is 31.6 Å². The third-order valence-electron chi connectivity index (χ3n) is 3.64. The lowest BCUT2D eigenvalue weighted by molar-refractivity contribution is 0.0443. The summed E-state index contributed by atoms with van der Waals surface area (Å²) in [7, 11) is 2.00. The van der Waals surface area contributed by atoms with Gasteiger partial charge < -0.3 is 25.2 Å².